The van der Waals surface area contributed by atoms with Crippen molar-refractivity contribution in [1.82, 2.24) is 4.90 Å². The Bertz CT molecular complexity index is 761. The van der Waals surface area contributed by atoms with Gasteiger partial charge in [0, 0.05) is 49.1 Å². The highest BCUT2D eigenvalue weighted by Gasteiger charge is 2.27. The molecular formula is C23H29FN2OS. The molecule has 0 spiro atoms. The maximum atomic E-state index is 13.1. The lowest BCUT2D eigenvalue weighted by Gasteiger charge is -2.36. The molecule has 4 rings (SSSR count). The highest BCUT2D eigenvalue weighted by atomic mass is 32.2. The average Bonchev–Trinajstić information content (AvgIpc) is 2.74. The summed E-state index contributed by atoms with van der Waals surface area (Å²) in [6.45, 7) is 5.36. The molecule has 2 aliphatic rings. The molecule has 2 heterocycles. The lowest BCUT2D eigenvalue weighted by molar-refractivity contribution is 0.0901. The predicted octanol–water partition coefficient (Wildman–Crippen LogP) is 4.98. The molecule has 2 aliphatic heterocycles. The molecule has 1 saturated heterocycles. The normalized spacial score (nSPS) is 22.9. The van der Waals surface area contributed by atoms with E-state index < -0.39 is 0 Å². The monoisotopic (exact) mass is 400 g/mol. The Labute approximate surface area is 171 Å². The first-order valence-corrected chi connectivity index (χ1v) is 11.1. The summed E-state index contributed by atoms with van der Waals surface area (Å²) in [5.74, 6) is -0.165. The zero-order valence-corrected chi connectivity index (χ0v) is 17.3. The standard InChI is InChI=1S/C23H29FN2OS/c1-27-22-17-20(28-23-7-3-2-6-21(22)23)5-4-12-25-13-15-26(16-14-25)19-10-8-18(24)9-11-19/h2-3,6-11,20,22H,4-5,12-17H2,1H3. The third-order valence-corrected chi connectivity index (χ3v) is 7.27. The summed E-state index contributed by atoms with van der Waals surface area (Å²) in [5, 5.41) is 0.639. The van der Waals surface area contributed by atoms with Crippen LogP contribution in [0.1, 0.15) is 30.9 Å². The molecule has 1 fully saturated rings. The minimum Gasteiger partial charge on any atom is -0.377 e. The molecule has 0 bridgehead atoms. The van der Waals surface area contributed by atoms with Crippen LogP contribution in [0.25, 0.3) is 0 Å². The van der Waals surface area contributed by atoms with Gasteiger partial charge in [-0.15, -0.1) is 11.8 Å². The lowest BCUT2D eigenvalue weighted by Crippen LogP contribution is -2.46. The van der Waals surface area contributed by atoms with Crippen molar-refractivity contribution in [2.24, 2.45) is 0 Å². The zero-order chi connectivity index (χ0) is 19.3. The smallest absolute Gasteiger partial charge is 0.123 e. The topological polar surface area (TPSA) is 15.7 Å². The van der Waals surface area contributed by atoms with Crippen LogP contribution < -0.4 is 4.90 Å². The van der Waals surface area contributed by atoms with Gasteiger partial charge in [-0.2, -0.15) is 0 Å². The molecule has 0 radical (unpaired) electrons. The number of fused-ring (bicyclic) bond motifs is 1. The first-order valence-electron chi connectivity index (χ1n) is 10.2. The van der Waals surface area contributed by atoms with Crippen molar-refractivity contribution < 1.29 is 9.13 Å². The van der Waals surface area contributed by atoms with E-state index in [0.29, 0.717) is 5.25 Å². The highest BCUT2D eigenvalue weighted by molar-refractivity contribution is 8.00. The third kappa shape index (κ3) is 4.70. The summed E-state index contributed by atoms with van der Waals surface area (Å²) in [7, 11) is 1.83. The van der Waals surface area contributed by atoms with E-state index in [9.17, 15) is 4.39 Å². The van der Waals surface area contributed by atoms with Crippen LogP contribution in [0.15, 0.2) is 53.4 Å². The van der Waals surface area contributed by atoms with Crippen LogP contribution in [0.4, 0.5) is 10.1 Å². The second-order valence-corrected chi connectivity index (χ2v) is 9.03. The average molecular weight is 401 g/mol. The number of thioether (sulfide) groups is 1. The van der Waals surface area contributed by atoms with E-state index in [4.69, 9.17) is 4.74 Å². The molecule has 2 aromatic rings. The molecule has 150 valence electrons. The van der Waals surface area contributed by atoms with Crippen molar-refractivity contribution in [3.63, 3.8) is 0 Å². The molecule has 3 nitrogen and oxygen atoms in total. The fourth-order valence-electron chi connectivity index (χ4n) is 4.27. The molecular weight excluding hydrogens is 371 g/mol. The van der Waals surface area contributed by atoms with E-state index in [1.54, 1.807) is 12.1 Å². The van der Waals surface area contributed by atoms with Gasteiger partial charge in [0.1, 0.15) is 5.82 Å². The fourth-order valence-corrected chi connectivity index (χ4v) is 5.68. The molecule has 0 aliphatic carbocycles. The van der Waals surface area contributed by atoms with Crippen LogP contribution in [0.3, 0.4) is 0 Å². The number of halogens is 1. The molecule has 2 aromatic carbocycles. The number of anilines is 1. The SMILES string of the molecule is COC1CC(CCCN2CCN(c3ccc(F)cc3)CC2)Sc2ccccc21. The second-order valence-electron chi connectivity index (χ2n) is 7.69. The van der Waals surface area contributed by atoms with Crippen molar-refractivity contribution in [1.29, 1.82) is 0 Å². The summed E-state index contributed by atoms with van der Waals surface area (Å²) < 4.78 is 18.9. The number of methoxy groups -OCH3 is 1. The third-order valence-electron chi connectivity index (χ3n) is 5.89. The van der Waals surface area contributed by atoms with Gasteiger partial charge < -0.3 is 9.64 Å². The number of rotatable bonds is 6. The molecule has 2 atom stereocenters. The summed E-state index contributed by atoms with van der Waals surface area (Å²) in [6, 6.07) is 15.5. The number of ether oxygens (including phenoxy) is 1. The fraction of sp³-hybridized carbons (Fsp3) is 0.478. The van der Waals surface area contributed by atoms with Crippen molar-refractivity contribution in [3.05, 3.63) is 59.9 Å². The first-order chi connectivity index (χ1) is 13.7. The van der Waals surface area contributed by atoms with Gasteiger partial charge in [0.2, 0.25) is 0 Å². The summed E-state index contributed by atoms with van der Waals surface area (Å²) in [6.07, 6.45) is 3.81. The molecule has 5 heteroatoms. The van der Waals surface area contributed by atoms with E-state index in [1.807, 2.05) is 31.0 Å². The highest BCUT2D eigenvalue weighted by Crippen LogP contribution is 2.43. The second kappa shape index (κ2) is 9.29. The van der Waals surface area contributed by atoms with Crippen LogP contribution in [-0.4, -0.2) is 50.0 Å². The number of hydrogen-bond donors (Lipinski definition) is 0. The Morgan fingerprint density at radius 2 is 1.79 bits per heavy atom. The largest absolute Gasteiger partial charge is 0.377 e. The van der Waals surface area contributed by atoms with Gasteiger partial charge in [-0.25, -0.2) is 4.39 Å². The van der Waals surface area contributed by atoms with E-state index in [1.165, 1.54) is 23.3 Å². The van der Waals surface area contributed by atoms with Crippen LogP contribution in [0.2, 0.25) is 0 Å². The molecule has 0 amide bonds. The summed E-state index contributed by atoms with van der Waals surface area (Å²) >= 11 is 2.02. The Morgan fingerprint density at radius 3 is 2.54 bits per heavy atom. The van der Waals surface area contributed by atoms with Crippen LogP contribution in [0.5, 0.6) is 0 Å². The van der Waals surface area contributed by atoms with Gasteiger partial charge >= 0.3 is 0 Å². The minimum atomic E-state index is -0.165. The zero-order valence-electron chi connectivity index (χ0n) is 16.5. The van der Waals surface area contributed by atoms with Gasteiger partial charge in [-0.05, 0) is 61.7 Å². The van der Waals surface area contributed by atoms with E-state index in [2.05, 4.69) is 34.1 Å². The Morgan fingerprint density at radius 1 is 1.04 bits per heavy atom. The van der Waals surface area contributed by atoms with E-state index in [-0.39, 0.29) is 11.9 Å². The number of benzene rings is 2. The maximum Gasteiger partial charge on any atom is 0.123 e. The van der Waals surface area contributed by atoms with Crippen molar-refractivity contribution >= 4 is 17.4 Å². The molecule has 0 aromatic heterocycles. The predicted molar refractivity (Wildman–Crippen MR) is 115 cm³/mol. The molecule has 0 saturated carbocycles. The molecule has 28 heavy (non-hydrogen) atoms. The van der Waals surface area contributed by atoms with E-state index >= 15 is 0 Å². The van der Waals surface area contributed by atoms with Crippen LogP contribution >= 0.6 is 11.8 Å². The Hall–Kier alpha value is -1.56. The van der Waals surface area contributed by atoms with Crippen molar-refractivity contribution in [2.45, 2.75) is 35.5 Å². The van der Waals surface area contributed by atoms with Crippen molar-refractivity contribution in [3.8, 4) is 0 Å². The number of hydrogen-bond acceptors (Lipinski definition) is 4. The Balaban J connectivity index is 1.22. The van der Waals surface area contributed by atoms with E-state index in [0.717, 1.165) is 44.8 Å². The first kappa shape index (κ1) is 19.7. The van der Waals surface area contributed by atoms with Gasteiger partial charge in [-0.3, -0.25) is 4.90 Å². The number of nitrogens with zero attached hydrogens (tertiary/aromatic N) is 2. The maximum absolute atomic E-state index is 13.1. The summed E-state index contributed by atoms with van der Waals surface area (Å²) in [5.41, 5.74) is 2.48. The van der Waals surface area contributed by atoms with Gasteiger partial charge in [0.25, 0.3) is 0 Å². The van der Waals surface area contributed by atoms with Gasteiger partial charge in [0.05, 0.1) is 6.10 Å². The van der Waals surface area contributed by atoms with Crippen molar-refractivity contribution in [2.75, 3.05) is 44.7 Å². The lowest BCUT2D eigenvalue weighted by atomic mass is 10.0. The van der Waals surface area contributed by atoms with Gasteiger partial charge in [0.15, 0.2) is 0 Å². The minimum absolute atomic E-state index is 0.165. The summed E-state index contributed by atoms with van der Waals surface area (Å²) in [4.78, 5) is 6.31. The van der Waals surface area contributed by atoms with Crippen LogP contribution in [0, 0.1) is 5.82 Å². The Kier molecular flexibility index (Phi) is 6.55. The quantitative estimate of drug-likeness (QED) is 0.679. The van der Waals surface area contributed by atoms with Crippen LogP contribution in [-0.2, 0) is 4.74 Å². The molecule has 0 N–H and O–H groups in total. The molecule has 2 unspecified atom stereocenters. The van der Waals surface area contributed by atoms with Gasteiger partial charge in [-0.1, -0.05) is 18.2 Å². The number of piperazine rings is 1.